The Hall–Kier alpha value is -1.81. The number of nitrogens with zero attached hydrogens (tertiary/aromatic N) is 2. The molecule has 0 fully saturated rings. The molecule has 4 nitrogen and oxygen atoms in total. The van der Waals surface area contributed by atoms with Gasteiger partial charge in [-0.3, -0.25) is 4.68 Å². The smallest absolute Gasteiger partial charge is 0.121 e. The standard InChI is InChI=1S/C12H14N2O2/c1-14-11(7-8-13-14)12(15)9-3-5-10(16-2)6-4-9/h3-8,12,15H,1-2H3. The molecule has 0 aliphatic rings. The summed E-state index contributed by atoms with van der Waals surface area (Å²) >= 11 is 0. The maximum Gasteiger partial charge on any atom is 0.121 e. The van der Waals surface area contributed by atoms with E-state index in [1.165, 1.54) is 0 Å². The number of aliphatic hydroxyl groups excluding tert-OH is 1. The molecule has 4 heteroatoms. The van der Waals surface area contributed by atoms with E-state index >= 15 is 0 Å². The third-order valence-corrected chi connectivity index (χ3v) is 2.57. The predicted octanol–water partition coefficient (Wildman–Crippen LogP) is 1.51. The summed E-state index contributed by atoms with van der Waals surface area (Å²) in [6, 6.07) is 9.14. The fraction of sp³-hybridized carbons (Fsp3) is 0.250. The molecule has 2 rings (SSSR count). The molecule has 0 saturated carbocycles. The van der Waals surface area contributed by atoms with Gasteiger partial charge in [-0.15, -0.1) is 0 Å². The molecule has 0 spiro atoms. The van der Waals surface area contributed by atoms with Crippen LogP contribution in [0.3, 0.4) is 0 Å². The summed E-state index contributed by atoms with van der Waals surface area (Å²) in [4.78, 5) is 0. The highest BCUT2D eigenvalue weighted by Gasteiger charge is 2.13. The van der Waals surface area contributed by atoms with Gasteiger partial charge < -0.3 is 9.84 Å². The molecule has 84 valence electrons. The number of aryl methyl sites for hydroxylation is 1. The van der Waals surface area contributed by atoms with Gasteiger partial charge in [0.2, 0.25) is 0 Å². The molecule has 1 aromatic heterocycles. The van der Waals surface area contributed by atoms with E-state index < -0.39 is 6.10 Å². The summed E-state index contributed by atoms with van der Waals surface area (Å²) in [6.45, 7) is 0. The lowest BCUT2D eigenvalue weighted by Gasteiger charge is -2.11. The lowest BCUT2D eigenvalue weighted by molar-refractivity contribution is 0.209. The largest absolute Gasteiger partial charge is 0.497 e. The SMILES string of the molecule is COc1ccc(C(O)c2ccnn2C)cc1. The Labute approximate surface area is 94.1 Å². The van der Waals surface area contributed by atoms with Crippen LogP contribution in [0.25, 0.3) is 0 Å². The van der Waals surface area contributed by atoms with Gasteiger partial charge in [0.1, 0.15) is 11.9 Å². The summed E-state index contributed by atoms with van der Waals surface area (Å²) in [6.07, 6.45) is 1.01. The molecule has 1 atom stereocenters. The van der Waals surface area contributed by atoms with Crippen LogP contribution in [0.15, 0.2) is 36.5 Å². The molecule has 0 aliphatic heterocycles. The topological polar surface area (TPSA) is 47.3 Å². The molecule has 1 unspecified atom stereocenters. The molecule has 0 bridgehead atoms. The zero-order chi connectivity index (χ0) is 11.5. The summed E-state index contributed by atoms with van der Waals surface area (Å²) in [5.74, 6) is 0.779. The monoisotopic (exact) mass is 218 g/mol. The second-order valence-electron chi connectivity index (χ2n) is 3.56. The Kier molecular flexibility index (Phi) is 2.92. The minimum atomic E-state index is -0.654. The van der Waals surface area contributed by atoms with Gasteiger partial charge >= 0.3 is 0 Å². The third kappa shape index (κ3) is 1.92. The van der Waals surface area contributed by atoms with Crippen molar-refractivity contribution in [2.45, 2.75) is 6.10 Å². The molecule has 0 aliphatic carbocycles. The van der Waals surface area contributed by atoms with Crippen molar-refractivity contribution in [1.29, 1.82) is 0 Å². The Morgan fingerprint density at radius 3 is 2.44 bits per heavy atom. The fourth-order valence-electron chi connectivity index (χ4n) is 1.61. The quantitative estimate of drug-likeness (QED) is 0.849. The molecule has 1 N–H and O–H groups in total. The van der Waals surface area contributed by atoms with Crippen LogP contribution in [0, 0.1) is 0 Å². The van der Waals surface area contributed by atoms with Crippen molar-refractivity contribution >= 4 is 0 Å². The summed E-state index contributed by atoms with van der Waals surface area (Å²) in [5, 5.41) is 14.2. The highest BCUT2D eigenvalue weighted by molar-refractivity contribution is 5.31. The molecule has 0 radical (unpaired) electrons. The first-order valence-electron chi connectivity index (χ1n) is 5.02. The zero-order valence-corrected chi connectivity index (χ0v) is 9.29. The van der Waals surface area contributed by atoms with Crippen LogP contribution in [-0.4, -0.2) is 22.0 Å². The molecule has 16 heavy (non-hydrogen) atoms. The second kappa shape index (κ2) is 4.37. The average Bonchev–Trinajstić information content (AvgIpc) is 2.75. The molecule has 1 heterocycles. The number of rotatable bonds is 3. The first-order valence-corrected chi connectivity index (χ1v) is 5.02. The molecular formula is C12H14N2O2. The van der Waals surface area contributed by atoms with E-state index in [1.807, 2.05) is 31.3 Å². The van der Waals surface area contributed by atoms with Crippen LogP contribution < -0.4 is 4.74 Å². The molecule has 0 saturated heterocycles. The fourth-order valence-corrected chi connectivity index (χ4v) is 1.61. The van der Waals surface area contributed by atoms with Crippen molar-refractivity contribution in [2.24, 2.45) is 7.05 Å². The van der Waals surface area contributed by atoms with Crippen LogP contribution in [-0.2, 0) is 7.05 Å². The maximum absolute atomic E-state index is 10.1. The molecular weight excluding hydrogens is 204 g/mol. The third-order valence-electron chi connectivity index (χ3n) is 2.57. The number of benzene rings is 1. The number of ether oxygens (including phenoxy) is 1. The van der Waals surface area contributed by atoms with Crippen LogP contribution in [0.1, 0.15) is 17.4 Å². The summed E-state index contributed by atoms with van der Waals surface area (Å²) in [7, 11) is 3.43. The van der Waals surface area contributed by atoms with E-state index in [2.05, 4.69) is 5.10 Å². The Morgan fingerprint density at radius 1 is 1.25 bits per heavy atom. The first-order chi connectivity index (χ1) is 7.72. The van der Waals surface area contributed by atoms with Crippen molar-refractivity contribution < 1.29 is 9.84 Å². The Bertz CT molecular complexity index is 462. The number of aromatic nitrogens is 2. The number of hydrogen-bond acceptors (Lipinski definition) is 3. The number of aliphatic hydroxyl groups is 1. The summed E-state index contributed by atoms with van der Waals surface area (Å²) in [5.41, 5.74) is 1.59. The van der Waals surface area contributed by atoms with Crippen molar-refractivity contribution in [3.8, 4) is 5.75 Å². The van der Waals surface area contributed by atoms with Crippen LogP contribution in [0.2, 0.25) is 0 Å². The van der Waals surface area contributed by atoms with Crippen molar-refractivity contribution in [3.05, 3.63) is 47.8 Å². The van der Waals surface area contributed by atoms with Gasteiger partial charge in [-0.25, -0.2) is 0 Å². The lowest BCUT2D eigenvalue weighted by Crippen LogP contribution is -2.06. The van der Waals surface area contributed by atoms with Crippen LogP contribution in [0.5, 0.6) is 5.75 Å². The van der Waals surface area contributed by atoms with E-state index in [0.29, 0.717) is 0 Å². The normalized spacial score (nSPS) is 12.4. The van der Waals surface area contributed by atoms with Gasteiger partial charge in [0.25, 0.3) is 0 Å². The predicted molar refractivity (Wildman–Crippen MR) is 60.3 cm³/mol. The van der Waals surface area contributed by atoms with Crippen LogP contribution in [0.4, 0.5) is 0 Å². The summed E-state index contributed by atoms with van der Waals surface area (Å²) < 4.78 is 6.73. The lowest BCUT2D eigenvalue weighted by atomic mass is 10.1. The minimum absolute atomic E-state index is 0.654. The highest BCUT2D eigenvalue weighted by atomic mass is 16.5. The van der Waals surface area contributed by atoms with Gasteiger partial charge in [0.15, 0.2) is 0 Å². The van der Waals surface area contributed by atoms with E-state index in [-0.39, 0.29) is 0 Å². The van der Waals surface area contributed by atoms with Crippen LogP contribution >= 0.6 is 0 Å². The molecule has 0 amide bonds. The van der Waals surface area contributed by atoms with Gasteiger partial charge in [0.05, 0.1) is 12.8 Å². The van der Waals surface area contributed by atoms with Crippen molar-refractivity contribution in [3.63, 3.8) is 0 Å². The average molecular weight is 218 g/mol. The van der Waals surface area contributed by atoms with Crippen molar-refractivity contribution in [1.82, 2.24) is 9.78 Å². The second-order valence-corrected chi connectivity index (χ2v) is 3.56. The Morgan fingerprint density at radius 2 is 1.94 bits per heavy atom. The number of methoxy groups -OCH3 is 1. The van der Waals surface area contributed by atoms with E-state index in [9.17, 15) is 5.11 Å². The number of hydrogen-bond donors (Lipinski definition) is 1. The van der Waals surface area contributed by atoms with Gasteiger partial charge in [0, 0.05) is 13.2 Å². The highest BCUT2D eigenvalue weighted by Crippen LogP contribution is 2.23. The first kappa shape index (κ1) is 10.7. The zero-order valence-electron chi connectivity index (χ0n) is 9.29. The van der Waals surface area contributed by atoms with E-state index in [4.69, 9.17) is 4.74 Å². The van der Waals surface area contributed by atoms with E-state index in [1.54, 1.807) is 24.1 Å². The van der Waals surface area contributed by atoms with Gasteiger partial charge in [-0.2, -0.15) is 5.10 Å². The van der Waals surface area contributed by atoms with Gasteiger partial charge in [-0.1, -0.05) is 12.1 Å². The minimum Gasteiger partial charge on any atom is -0.497 e. The van der Waals surface area contributed by atoms with E-state index in [0.717, 1.165) is 17.0 Å². The molecule has 2 aromatic rings. The van der Waals surface area contributed by atoms with Crippen molar-refractivity contribution in [2.75, 3.05) is 7.11 Å². The Balaban J connectivity index is 2.27. The maximum atomic E-state index is 10.1. The van der Waals surface area contributed by atoms with Gasteiger partial charge in [-0.05, 0) is 23.8 Å². The molecule has 1 aromatic carbocycles.